The number of nitrogens with one attached hydrogen (secondary N) is 1. The Hall–Kier alpha value is -0.900. The van der Waals surface area contributed by atoms with Crippen LogP contribution >= 0.6 is 0 Å². The highest BCUT2D eigenvalue weighted by atomic mass is 16.5. The van der Waals surface area contributed by atoms with Crippen LogP contribution in [0.4, 0.5) is 0 Å². The summed E-state index contributed by atoms with van der Waals surface area (Å²) in [6, 6.07) is 8.70. The minimum Gasteiger partial charge on any atom is -0.375 e. The van der Waals surface area contributed by atoms with Gasteiger partial charge in [0.2, 0.25) is 0 Å². The quantitative estimate of drug-likeness (QED) is 0.619. The second kappa shape index (κ2) is 4.41. The van der Waals surface area contributed by atoms with E-state index in [1.54, 1.807) is 0 Å². The Kier molecular flexibility index (Phi) is 2.90. The molecule has 17 heavy (non-hydrogen) atoms. The molecule has 0 amide bonds. The van der Waals surface area contributed by atoms with E-state index in [2.05, 4.69) is 36.6 Å². The molecule has 2 fully saturated rings. The molecule has 2 bridgehead atoms. The molecule has 92 valence electrons. The number of hydrogen-bond donors (Lipinski definition) is 2. The fourth-order valence-electron chi connectivity index (χ4n) is 3.41. The van der Waals surface area contributed by atoms with Crippen molar-refractivity contribution < 1.29 is 4.74 Å². The Balaban J connectivity index is 1.87. The van der Waals surface area contributed by atoms with Crippen molar-refractivity contribution in [1.82, 2.24) is 5.43 Å². The lowest BCUT2D eigenvalue weighted by molar-refractivity contribution is 0.0856. The SMILES string of the molecule is Cc1ccccc1C(NN)C1CC2CCC1O2. The fraction of sp³-hybridized carbons (Fsp3) is 0.571. The molecule has 0 saturated carbocycles. The first-order valence-electron chi connectivity index (χ1n) is 6.46. The van der Waals surface area contributed by atoms with Crippen molar-refractivity contribution in [3.63, 3.8) is 0 Å². The zero-order valence-corrected chi connectivity index (χ0v) is 10.2. The fourth-order valence-corrected chi connectivity index (χ4v) is 3.41. The normalized spacial score (nSPS) is 32.9. The highest BCUT2D eigenvalue weighted by Gasteiger charge is 2.44. The van der Waals surface area contributed by atoms with Gasteiger partial charge in [0, 0.05) is 5.92 Å². The molecule has 4 unspecified atom stereocenters. The molecule has 3 N–H and O–H groups in total. The van der Waals surface area contributed by atoms with E-state index in [9.17, 15) is 0 Å². The van der Waals surface area contributed by atoms with E-state index in [0.29, 0.717) is 18.1 Å². The molecule has 1 aromatic rings. The van der Waals surface area contributed by atoms with Crippen LogP contribution in [0.25, 0.3) is 0 Å². The molecular formula is C14H20N2O. The van der Waals surface area contributed by atoms with Gasteiger partial charge in [0.05, 0.1) is 18.2 Å². The van der Waals surface area contributed by atoms with Crippen LogP contribution in [0.3, 0.4) is 0 Å². The summed E-state index contributed by atoms with van der Waals surface area (Å²) in [5, 5.41) is 0. The van der Waals surface area contributed by atoms with Gasteiger partial charge in [-0.3, -0.25) is 11.3 Å². The van der Waals surface area contributed by atoms with Crippen molar-refractivity contribution in [2.45, 2.75) is 44.4 Å². The van der Waals surface area contributed by atoms with E-state index in [1.807, 2.05) is 0 Å². The topological polar surface area (TPSA) is 47.3 Å². The molecule has 0 aliphatic carbocycles. The third-order valence-electron chi connectivity index (χ3n) is 4.28. The van der Waals surface area contributed by atoms with Gasteiger partial charge >= 0.3 is 0 Å². The summed E-state index contributed by atoms with van der Waals surface area (Å²) in [6.45, 7) is 2.15. The number of hydrazine groups is 1. The van der Waals surface area contributed by atoms with Gasteiger partial charge < -0.3 is 4.74 Å². The van der Waals surface area contributed by atoms with E-state index < -0.39 is 0 Å². The summed E-state index contributed by atoms with van der Waals surface area (Å²) in [6.07, 6.45) is 4.45. The number of aryl methyl sites for hydroxylation is 1. The average Bonchev–Trinajstić information content (AvgIpc) is 2.95. The highest BCUT2D eigenvalue weighted by molar-refractivity contribution is 5.29. The second-order valence-electron chi connectivity index (χ2n) is 5.27. The first kappa shape index (κ1) is 11.2. The third-order valence-corrected chi connectivity index (χ3v) is 4.28. The zero-order chi connectivity index (χ0) is 11.8. The maximum Gasteiger partial charge on any atom is 0.0627 e. The summed E-state index contributed by atoms with van der Waals surface area (Å²) in [7, 11) is 0. The van der Waals surface area contributed by atoms with Crippen LogP contribution in [-0.4, -0.2) is 12.2 Å². The van der Waals surface area contributed by atoms with Crippen molar-refractivity contribution in [2.24, 2.45) is 11.8 Å². The molecule has 0 aromatic heterocycles. The number of ether oxygens (including phenoxy) is 1. The molecule has 2 saturated heterocycles. The number of benzene rings is 1. The van der Waals surface area contributed by atoms with E-state index in [-0.39, 0.29) is 6.04 Å². The Labute approximate surface area is 102 Å². The first-order valence-corrected chi connectivity index (χ1v) is 6.46. The van der Waals surface area contributed by atoms with Crippen LogP contribution in [0.2, 0.25) is 0 Å². The molecule has 1 aromatic carbocycles. The Morgan fingerprint density at radius 3 is 2.76 bits per heavy atom. The summed E-state index contributed by atoms with van der Waals surface area (Å²) in [5.41, 5.74) is 5.63. The lowest BCUT2D eigenvalue weighted by Crippen LogP contribution is -2.38. The monoisotopic (exact) mass is 232 g/mol. The van der Waals surface area contributed by atoms with Gasteiger partial charge in [-0.25, -0.2) is 0 Å². The van der Waals surface area contributed by atoms with Crippen LogP contribution in [-0.2, 0) is 4.74 Å². The van der Waals surface area contributed by atoms with E-state index in [1.165, 1.54) is 24.0 Å². The van der Waals surface area contributed by atoms with Gasteiger partial charge in [0.15, 0.2) is 0 Å². The molecule has 2 aliphatic heterocycles. The van der Waals surface area contributed by atoms with Gasteiger partial charge in [-0.1, -0.05) is 24.3 Å². The standard InChI is InChI=1S/C14H20N2O/c1-9-4-2-3-5-11(9)14(16-15)12-8-10-6-7-13(12)17-10/h2-5,10,12-14,16H,6-8,15H2,1H3. The van der Waals surface area contributed by atoms with Crippen LogP contribution in [0, 0.1) is 12.8 Å². The number of fused-ring (bicyclic) bond motifs is 2. The van der Waals surface area contributed by atoms with Gasteiger partial charge in [-0.2, -0.15) is 0 Å². The Morgan fingerprint density at radius 1 is 1.35 bits per heavy atom. The summed E-state index contributed by atoms with van der Waals surface area (Å²) < 4.78 is 5.93. The highest BCUT2D eigenvalue weighted by Crippen LogP contribution is 2.44. The summed E-state index contributed by atoms with van der Waals surface area (Å²) >= 11 is 0. The van der Waals surface area contributed by atoms with E-state index in [0.717, 1.165) is 6.42 Å². The Morgan fingerprint density at radius 2 is 2.18 bits per heavy atom. The van der Waals surface area contributed by atoms with Crippen molar-refractivity contribution in [3.8, 4) is 0 Å². The van der Waals surface area contributed by atoms with Crippen molar-refractivity contribution >= 4 is 0 Å². The third kappa shape index (κ3) is 1.88. The molecule has 4 atom stereocenters. The minimum absolute atomic E-state index is 0.228. The first-order chi connectivity index (χ1) is 8.29. The molecular weight excluding hydrogens is 212 g/mol. The van der Waals surface area contributed by atoms with Crippen LogP contribution < -0.4 is 11.3 Å². The second-order valence-corrected chi connectivity index (χ2v) is 5.27. The van der Waals surface area contributed by atoms with E-state index in [4.69, 9.17) is 10.6 Å². The van der Waals surface area contributed by atoms with Crippen LogP contribution in [0.15, 0.2) is 24.3 Å². The lowest BCUT2D eigenvalue weighted by Gasteiger charge is -2.29. The van der Waals surface area contributed by atoms with Crippen molar-refractivity contribution in [2.75, 3.05) is 0 Å². The van der Waals surface area contributed by atoms with Gasteiger partial charge in [-0.15, -0.1) is 0 Å². The predicted octanol–water partition coefficient (Wildman–Crippen LogP) is 2.07. The smallest absolute Gasteiger partial charge is 0.0627 e. The maximum atomic E-state index is 5.93. The van der Waals surface area contributed by atoms with Gasteiger partial charge in [-0.05, 0) is 37.3 Å². The van der Waals surface area contributed by atoms with Crippen molar-refractivity contribution in [3.05, 3.63) is 35.4 Å². The molecule has 0 radical (unpaired) electrons. The zero-order valence-electron chi connectivity index (χ0n) is 10.2. The maximum absolute atomic E-state index is 5.93. The largest absolute Gasteiger partial charge is 0.375 e. The molecule has 3 rings (SSSR count). The molecule has 0 spiro atoms. The summed E-state index contributed by atoms with van der Waals surface area (Å²) in [4.78, 5) is 0. The molecule has 3 nitrogen and oxygen atoms in total. The number of rotatable bonds is 3. The van der Waals surface area contributed by atoms with E-state index >= 15 is 0 Å². The minimum atomic E-state index is 0.228. The molecule has 2 aliphatic rings. The Bertz CT molecular complexity index is 407. The summed E-state index contributed by atoms with van der Waals surface area (Å²) in [5.74, 6) is 6.31. The van der Waals surface area contributed by atoms with Gasteiger partial charge in [0.25, 0.3) is 0 Å². The van der Waals surface area contributed by atoms with Crippen LogP contribution in [0.1, 0.15) is 36.4 Å². The van der Waals surface area contributed by atoms with Crippen molar-refractivity contribution in [1.29, 1.82) is 0 Å². The predicted molar refractivity (Wildman–Crippen MR) is 67.2 cm³/mol. The average molecular weight is 232 g/mol. The lowest BCUT2D eigenvalue weighted by atomic mass is 9.80. The molecule has 3 heteroatoms. The van der Waals surface area contributed by atoms with Crippen LogP contribution in [0.5, 0.6) is 0 Å². The van der Waals surface area contributed by atoms with Gasteiger partial charge in [0.1, 0.15) is 0 Å². The number of hydrogen-bond acceptors (Lipinski definition) is 3. The molecule has 2 heterocycles. The number of nitrogens with two attached hydrogens (primary N) is 1.